The molecule has 1 unspecified atom stereocenters. The molecule has 0 amide bonds. The smallest absolute Gasteiger partial charge is 0.129 e. The summed E-state index contributed by atoms with van der Waals surface area (Å²) in [4.78, 5) is 5.02. The summed E-state index contributed by atoms with van der Waals surface area (Å²) in [6, 6.07) is 6.16. The average molecular weight is 291 g/mol. The van der Waals surface area contributed by atoms with Gasteiger partial charge in [0.2, 0.25) is 0 Å². The van der Waals surface area contributed by atoms with Gasteiger partial charge in [0.1, 0.15) is 5.82 Å². The molecule has 3 nitrogen and oxygen atoms in total. The molecule has 2 aliphatic heterocycles. The van der Waals surface area contributed by atoms with Gasteiger partial charge >= 0.3 is 0 Å². The molecule has 3 rings (SSSR count). The van der Waals surface area contributed by atoms with E-state index >= 15 is 0 Å². The van der Waals surface area contributed by atoms with Crippen molar-refractivity contribution < 1.29 is 4.39 Å². The number of hydrogen-bond acceptors (Lipinski definition) is 3. The summed E-state index contributed by atoms with van der Waals surface area (Å²) >= 11 is 0. The second-order valence-electron chi connectivity index (χ2n) is 6.15. The number of rotatable bonds is 4. The van der Waals surface area contributed by atoms with E-state index in [1.807, 2.05) is 6.07 Å². The van der Waals surface area contributed by atoms with E-state index in [0.29, 0.717) is 12.6 Å². The highest BCUT2D eigenvalue weighted by Gasteiger charge is 2.29. The highest BCUT2D eigenvalue weighted by atomic mass is 19.1. The fourth-order valence-corrected chi connectivity index (χ4v) is 3.69. The Labute approximate surface area is 127 Å². The molecule has 1 aromatic rings. The molecule has 0 aromatic heterocycles. The molecule has 1 N–H and O–H groups in total. The quantitative estimate of drug-likeness (QED) is 0.920. The third-order valence-electron chi connectivity index (χ3n) is 4.79. The molecule has 0 aliphatic carbocycles. The summed E-state index contributed by atoms with van der Waals surface area (Å²) < 4.78 is 14.2. The molecule has 0 spiro atoms. The molecule has 1 aromatic carbocycles. The minimum Gasteiger partial charge on any atom is -0.370 e. The van der Waals surface area contributed by atoms with Crippen molar-refractivity contribution in [3.63, 3.8) is 0 Å². The molecule has 4 heteroatoms. The van der Waals surface area contributed by atoms with Crippen molar-refractivity contribution in [1.82, 2.24) is 10.2 Å². The lowest BCUT2D eigenvalue weighted by Crippen LogP contribution is -2.37. The van der Waals surface area contributed by atoms with Crippen LogP contribution in [0.3, 0.4) is 0 Å². The van der Waals surface area contributed by atoms with E-state index in [0.717, 1.165) is 30.9 Å². The van der Waals surface area contributed by atoms with Crippen molar-refractivity contribution >= 4 is 5.69 Å². The first-order valence-corrected chi connectivity index (χ1v) is 8.26. The van der Waals surface area contributed by atoms with Crippen molar-refractivity contribution in [1.29, 1.82) is 0 Å². The lowest BCUT2D eigenvalue weighted by Gasteiger charge is -2.29. The fourth-order valence-electron chi connectivity index (χ4n) is 3.69. The third kappa shape index (κ3) is 3.22. The molecule has 1 atom stereocenters. The van der Waals surface area contributed by atoms with Gasteiger partial charge in [-0.1, -0.05) is 13.0 Å². The Morgan fingerprint density at radius 2 is 2.10 bits per heavy atom. The molecule has 0 saturated carbocycles. The second kappa shape index (κ2) is 6.75. The van der Waals surface area contributed by atoms with Crippen LogP contribution in [0.1, 0.15) is 31.7 Å². The molecule has 2 saturated heterocycles. The van der Waals surface area contributed by atoms with Crippen molar-refractivity contribution in [3.05, 3.63) is 29.6 Å². The molecule has 0 radical (unpaired) electrons. The Kier molecular flexibility index (Phi) is 4.76. The van der Waals surface area contributed by atoms with Crippen LogP contribution >= 0.6 is 0 Å². The van der Waals surface area contributed by atoms with E-state index in [-0.39, 0.29) is 5.82 Å². The Hall–Kier alpha value is -1.13. The maximum Gasteiger partial charge on any atom is 0.129 e. The summed E-state index contributed by atoms with van der Waals surface area (Å²) in [5.41, 5.74) is 1.91. The van der Waals surface area contributed by atoms with Gasteiger partial charge in [-0.05, 0) is 44.5 Å². The van der Waals surface area contributed by atoms with Gasteiger partial charge in [0, 0.05) is 43.5 Å². The summed E-state index contributed by atoms with van der Waals surface area (Å²) in [5.74, 6) is -0.0824. The van der Waals surface area contributed by atoms with E-state index < -0.39 is 0 Å². The lowest BCUT2D eigenvalue weighted by atomic mass is 10.1. The number of nitrogens with zero attached hydrogens (tertiary/aromatic N) is 2. The molecule has 21 heavy (non-hydrogen) atoms. The number of nitrogens with one attached hydrogen (secondary N) is 1. The minimum absolute atomic E-state index is 0.0824. The van der Waals surface area contributed by atoms with Crippen LogP contribution in [0, 0.1) is 5.82 Å². The van der Waals surface area contributed by atoms with Crippen LogP contribution in [0.4, 0.5) is 10.1 Å². The number of hydrogen-bond donors (Lipinski definition) is 1. The summed E-state index contributed by atoms with van der Waals surface area (Å²) in [6.07, 6.45) is 3.77. The van der Waals surface area contributed by atoms with E-state index in [1.165, 1.54) is 32.4 Å². The Morgan fingerprint density at radius 3 is 2.95 bits per heavy atom. The Balaban J connectivity index is 1.83. The maximum atomic E-state index is 14.2. The maximum absolute atomic E-state index is 14.2. The van der Waals surface area contributed by atoms with Gasteiger partial charge in [-0.15, -0.1) is 0 Å². The summed E-state index contributed by atoms with van der Waals surface area (Å²) in [7, 11) is 0. The first-order valence-electron chi connectivity index (χ1n) is 8.26. The monoisotopic (exact) mass is 291 g/mol. The molecular weight excluding hydrogens is 265 g/mol. The lowest BCUT2D eigenvalue weighted by molar-refractivity contribution is 0.273. The van der Waals surface area contributed by atoms with Crippen LogP contribution in [0.5, 0.6) is 0 Å². The van der Waals surface area contributed by atoms with E-state index in [9.17, 15) is 4.39 Å². The van der Waals surface area contributed by atoms with Crippen LogP contribution in [0.2, 0.25) is 0 Å². The van der Waals surface area contributed by atoms with Gasteiger partial charge in [0.15, 0.2) is 0 Å². The molecule has 0 bridgehead atoms. The van der Waals surface area contributed by atoms with Crippen molar-refractivity contribution in [2.75, 3.05) is 37.6 Å². The zero-order valence-corrected chi connectivity index (χ0v) is 12.9. The first-order chi connectivity index (χ1) is 10.3. The summed E-state index contributed by atoms with van der Waals surface area (Å²) in [5, 5.41) is 3.27. The van der Waals surface area contributed by atoms with E-state index in [4.69, 9.17) is 0 Å². The van der Waals surface area contributed by atoms with Crippen LogP contribution < -0.4 is 10.2 Å². The van der Waals surface area contributed by atoms with Crippen LogP contribution in [0.25, 0.3) is 0 Å². The van der Waals surface area contributed by atoms with Gasteiger partial charge < -0.3 is 10.2 Å². The molecule has 116 valence electrons. The minimum atomic E-state index is -0.0824. The molecule has 2 fully saturated rings. The van der Waals surface area contributed by atoms with Crippen LogP contribution in [-0.2, 0) is 6.54 Å². The van der Waals surface area contributed by atoms with E-state index in [1.54, 1.807) is 6.07 Å². The van der Waals surface area contributed by atoms with Crippen LogP contribution in [-0.4, -0.2) is 43.7 Å². The largest absolute Gasteiger partial charge is 0.370 e. The van der Waals surface area contributed by atoms with Crippen molar-refractivity contribution in [3.8, 4) is 0 Å². The predicted molar refractivity (Wildman–Crippen MR) is 85.2 cm³/mol. The predicted octanol–water partition coefficient (Wildman–Crippen LogP) is 2.61. The topological polar surface area (TPSA) is 18.5 Å². The second-order valence-corrected chi connectivity index (χ2v) is 6.15. The first kappa shape index (κ1) is 14.8. The fraction of sp³-hybridized carbons (Fsp3) is 0.647. The molecular formula is C17H26FN3. The third-order valence-corrected chi connectivity index (χ3v) is 4.79. The number of benzene rings is 1. The number of fused-ring (bicyclic) bond motifs is 1. The van der Waals surface area contributed by atoms with Crippen LogP contribution in [0.15, 0.2) is 18.2 Å². The van der Waals surface area contributed by atoms with Gasteiger partial charge in [0.05, 0.1) is 0 Å². The standard InChI is InChI=1S/C17H26FN3/c1-2-19-12-15-16(18)7-3-8-17(15)21-11-5-10-20-9-4-6-14(20)13-21/h3,7-8,14,19H,2,4-6,9-13H2,1H3. The van der Waals surface area contributed by atoms with E-state index in [2.05, 4.69) is 28.1 Å². The normalized spacial score (nSPS) is 23.1. The van der Waals surface area contributed by atoms with Gasteiger partial charge in [-0.2, -0.15) is 0 Å². The highest BCUT2D eigenvalue weighted by molar-refractivity contribution is 5.54. The number of anilines is 1. The molecule has 2 heterocycles. The van der Waals surface area contributed by atoms with Crippen molar-refractivity contribution in [2.24, 2.45) is 0 Å². The Morgan fingerprint density at radius 1 is 1.24 bits per heavy atom. The zero-order chi connectivity index (χ0) is 14.7. The SMILES string of the molecule is CCNCc1c(F)cccc1N1CCCN2CCCC2C1. The number of halogens is 1. The Bertz CT molecular complexity index is 477. The van der Waals surface area contributed by atoms with Gasteiger partial charge in [0.25, 0.3) is 0 Å². The van der Waals surface area contributed by atoms with Gasteiger partial charge in [-0.25, -0.2) is 4.39 Å². The van der Waals surface area contributed by atoms with Gasteiger partial charge in [-0.3, -0.25) is 4.90 Å². The zero-order valence-electron chi connectivity index (χ0n) is 12.9. The highest BCUT2D eigenvalue weighted by Crippen LogP contribution is 2.28. The summed E-state index contributed by atoms with van der Waals surface area (Å²) in [6.45, 7) is 8.06. The van der Waals surface area contributed by atoms with Crippen molar-refractivity contribution in [2.45, 2.75) is 38.8 Å². The average Bonchev–Trinajstić information content (AvgIpc) is 2.83. The molecule has 2 aliphatic rings.